The molecule has 4 atom stereocenters. The molecule has 1 fully saturated rings. The van der Waals surface area contributed by atoms with Crippen molar-refractivity contribution in [3.63, 3.8) is 0 Å². The molecule has 0 aromatic heterocycles. The zero-order valence-corrected chi connectivity index (χ0v) is 9.39. The van der Waals surface area contributed by atoms with Crippen LogP contribution in [0.25, 0.3) is 0 Å². The molecular formula is C13H16O3. The molecule has 0 amide bonds. The predicted octanol–water partition coefficient (Wildman–Crippen LogP) is 2.09. The predicted molar refractivity (Wildman–Crippen MR) is 59.3 cm³/mol. The number of esters is 1. The fourth-order valence-electron chi connectivity index (χ4n) is 3.21. The SMILES string of the molecule is C=C[C@H]1C2C=CC(CC2)C1(C)C(=O)OC=O. The topological polar surface area (TPSA) is 43.4 Å². The van der Waals surface area contributed by atoms with Gasteiger partial charge in [0.2, 0.25) is 0 Å². The highest BCUT2D eigenvalue weighted by molar-refractivity contribution is 5.83. The number of fused-ring (bicyclic) bond motifs is 2. The third kappa shape index (κ3) is 1.34. The molecule has 3 rings (SSSR count). The summed E-state index contributed by atoms with van der Waals surface area (Å²) in [6.07, 6.45) is 8.14. The number of ether oxygens (including phenoxy) is 1. The molecule has 3 aliphatic rings. The number of rotatable bonds is 3. The van der Waals surface area contributed by atoms with Crippen LogP contribution in [0.4, 0.5) is 0 Å². The maximum atomic E-state index is 11.9. The van der Waals surface area contributed by atoms with Gasteiger partial charge in [-0.05, 0) is 37.5 Å². The first-order valence-corrected chi connectivity index (χ1v) is 5.60. The van der Waals surface area contributed by atoms with Gasteiger partial charge in [0.25, 0.3) is 0 Å². The Morgan fingerprint density at radius 1 is 1.50 bits per heavy atom. The third-order valence-electron chi connectivity index (χ3n) is 4.17. The van der Waals surface area contributed by atoms with E-state index in [0.29, 0.717) is 5.92 Å². The van der Waals surface area contributed by atoms with Gasteiger partial charge < -0.3 is 4.74 Å². The van der Waals surface area contributed by atoms with Crippen molar-refractivity contribution in [2.24, 2.45) is 23.2 Å². The first kappa shape index (κ1) is 11.1. The minimum atomic E-state index is -0.625. The van der Waals surface area contributed by atoms with Gasteiger partial charge in [-0.3, -0.25) is 9.59 Å². The van der Waals surface area contributed by atoms with Crippen LogP contribution >= 0.6 is 0 Å². The van der Waals surface area contributed by atoms with E-state index in [1.54, 1.807) is 0 Å². The first-order chi connectivity index (χ1) is 7.64. The summed E-state index contributed by atoms with van der Waals surface area (Å²) < 4.78 is 4.57. The summed E-state index contributed by atoms with van der Waals surface area (Å²) in [4.78, 5) is 22.3. The number of hydrogen-bond donors (Lipinski definition) is 0. The molecule has 0 spiro atoms. The minimum absolute atomic E-state index is 0.0729. The van der Waals surface area contributed by atoms with Gasteiger partial charge in [-0.25, -0.2) is 0 Å². The highest BCUT2D eigenvalue weighted by Crippen LogP contribution is 2.53. The Balaban J connectivity index is 2.37. The number of carbonyl (C=O) groups is 2. The van der Waals surface area contributed by atoms with E-state index in [0.717, 1.165) is 12.8 Å². The fourth-order valence-corrected chi connectivity index (χ4v) is 3.21. The Morgan fingerprint density at radius 2 is 2.25 bits per heavy atom. The normalized spacial score (nSPS) is 40.4. The second kappa shape index (κ2) is 3.89. The standard InChI is InChI=1S/C13H16O3/c1-3-11-9-4-6-10(7-5-9)13(11,2)12(15)16-8-14/h3-4,6,8-11H,1,5,7H2,2H3/t9?,10?,11-,13?/m0/s1. The van der Waals surface area contributed by atoms with E-state index in [1.165, 1.54) is 0 Å². The van der Waals surface area contributed by atoms with Gasteiger partial charge in [0.15, 0.2) is 0 Å². The van der Waals surface area contributed by atoms with Crippen molar-refractivity contribution < 1.29 is 14.3 Å². The van der Waals surface area contributed by atoms with Crippen LogP contribution in [0.2, 0.25) is 0 Å². The number of allylic oxidation sites excluding steroid dienone is 3. The van der Waals surface area contributed by atoms with Crippen LogP contribution < -0.4 is 0 Å². The monoisotopic (exact) mass is 220 g/mol. The highest BCUT2D eigenvalue weighted by atomic mass is 16.6. The molecule has 0 heterocycles. The van der Waals surface area contributed by atoms with Gasteiger partial charge in [-0.15, -0.1) is 6.58 Å². The Bertz CT molecular complexity index is 358. The van der Waals surface area contributed by atoms with Gasteiger partial charge in [0.05, 0.1) is 5.41 Å². The smallest absolute Gasteiger partial charge is 0.320 e. The summed E-state index contributed by atoms with van der Waals surface area (Å²) in [5, 5.41) is 0. The van der Waals surface area contributed by atoms with Crippen LogP contribution in [0.5, 0.6) is 0 Å². The van der Waals surface area contributed by atoms with E-state index < -0.39 is 11.4 Å². The first-order valence-electron chi connectivity index (χ1n) is 5.60. The molecule has 3 unspecified atom stereocenters. The molecule has 3 nitrogen and oxygen atoms in total. The summed E-state index contributed by atoms with van der Waals surface area (Å²) in [6, 6.07) is 0. The van der Waals surface area contributed by atoms with Crippen molar-refractivity contribution in [3.8, 4) is 0 Å². The summed E-state index contributed by atoms with van der Waals surface area (Å²) in [7, 11) is 0. The molecule has 0 saturated heterocycles. The lowest BCUT2D eigenvalue weighted by atomic mass is 9.54. The average Bonchev–Trinajstić information content (AvgIpc) is 2.31. The van der Waals surface area contributed by atoms with Crippen molar-refractivity contribution in [2.45, 2.75) is 19.8 Å². The van der Waals surface area contributed by atoms with Gasteiger partial charge >= 0.3 is 12.4 Å². The van der Waals surface area contributed by atoms with Crippen molar-refractivity contribution >= 4 is 12.4 Å². The van der Waals surface area contributed by atoms with E-state index in [4.69, 9.17) is 0 Å². The van der Waals surface area contributed by atoms with Crippen LogP contribution in [0.15, 0.2) is 24.8 Å². The molecule has 3 heteroatoms. The summed E-state index contributed by atoms with van der Waals surface area (Å²) in [5.41, 5.74) is -0.625. The molecular weight excluding hydrogens is 204 g/mol. The van der Waals surface area contributed by atoms with Crippen LogP contribution in [0, 0.1) is 23.2 Å². The molecule has 0 radical (unpaired) electrons. The van der Waals surface area contributed by atoms with E-state index in [1.807, 2.05) is 13.0 Å². The van der Waals surface area contributed by atoms with Crippen molar-refractivity contribution in [3.05, 3.63) is 24.8 Å². The number of carbonyl (C=O) groups excluding carboxylic acids is 2. The Labute approximate surface area is 95.2 Å². The van der Waals surface area contributed by atoms with Crippen LogP contribution in [-0.2, 0) is 14.3 Å². The molecule has 86 valence electrons. The van der Waals surface area contributed by atoms with Gasteiger partial charge in [0.1, 0.15) is 0 Å². The van der Waals surface area contributed by atoms with Crippen LogP contribution in [0.1, 0.15) is 19.8 Å². The number of hydrogen-bond acceptors (Lipinski definition) is 3. The second-order valence-corrected chi connectivity index (χ2v) is 4.78. The van der Waals surface area contributed by atoms with E-state index in [-0.39, 0.29) is 18.3 Å². The van der Waals surface area contributed by atoms with Crippen molar-refractivity contribution in [1.82, 2.24) is 0 Å². The molecule has 0 aliphatic heterocycles. The molecule has 3 aliphatic carbocycles. The molecule has 0 aromatic carbocycles. The lowest BCUT2D eigenvalue weighted by molar-refractivity contribution is -0.167. The Kier molecular flexibility index (Phi) is 2.70. The quantitative estimate of drug-likeness (QED) is 0.316. The minimum Gasteiger partial charge on any atom is -0.395 e. The largest absolute Gasteiger partial charge is 0.395 e. The highest BCUT2D eigenvalue weighted by Gasteiger charge is 2.53. The van der Waals surface area contributed by atoms with E-state index >= 15 is 0 Å². The Hall–Kier alpha value is -1.38. The lowest BCUT2D eigenvalue weighted by Gasteiger charge is -2.49. The van der Waals surface area contributed by atoms with Crippen molar-refractivity contribution in [1.29, 1.82) is 0 Å². The van der Waals surface area contributed by atoms with Gasteiger partial charge in [-0.2, -0.15) is 0 Å². The summed E-state index contributed by atoms with van der Waals surface area (Å²) in [5.74, 6) is 0.162. The maximum absolute atomic E-state index is 11.9. The molecule has 2 bridgehead atoms. The zero-order valence-electron chi connectivity index (χ0n) is 9.39. The fraction of sp³-hybridized carbons (Fsp3) is 0.538. The molecule has 1 saturated carbocycles. The van der Waals surface area contributed by atoms with E-state index in [2.05, 4.69) is 23.5 Å². The molecule has 0 aromatic rings. The molecule has 16 heavy (non-hydrogen) atoms. The summed E-state index contributed by atoms with van der Waals surface area (Å²) >= 11 is 0. The van der Waals surface area contributed by atoms with Crippen LogP contribution in [0.3, 0.4) is 0 Å². The van der Waals surface area contributed by atoms with Crippen LogP contribution in [-0.4, -0.2) is 12.4 Å². The summed E-state index contributed by atoms with van der Waals surface area (Å²) in [6.45, 7) is 5.91. The average molecular weight is 220 g/mol. The van der Waals surface area contributed by atoms with Crippen molar-refractivity contribution in [2.75, 3.05) is 0 Å². The van der Waals surface area contributed by atoms with Gasteiger partial charge in [-0.1, -0.05) is 18.2 Å². The zero-order chi connectivity index (χ0) is 11.8. The maximum Gasteiger partial charge on any atom is 0.320 e. The lowest BCUT2D eigenvalue weighted by Crippen LogP contribution is -2.50. The Morgan fingerprint density at radius 3 is 2.75 bits per heavy atom. The molecule has 0 N–H and O–H groups in total. The second-order valence-electron chi connectivity index (χ2n) is 4.78. The van der Waals surface area contributed by atoms with E-state index in [9.17, 15) is 9.59 Å². The van der Waals surface area contributed by atoms with Gasteiger partial charge in [0, 0.05) is 0 Å². The third-order valence-corrected chi connectivity index (χ3v) is 4.17.